The van der Waals surface area contributed by atoms with E-state index in [0.29, 0.717) is 40.2 Å². The normalized spacial score (nSPS) is 19.1. The second-order valence-corrected chi connectivity index (χ2v) is 8.52. The number of aryl methyl sites for hydroxylation is 1. The zero-order chi connectivity index (χ0) is 21.5. The van der Waals surface area contributed by atoms with E-state index in [-0.39, 0.29) is 17.7 Å². The van der Waals surface area contributed by atoms with E-state index in [9.17, 15) is 9.90 Å². The molecule has 0 atom stereocenters. The van der Waals surface area contributed by atoms with E-state index in [2.05, 4.69) is 10.1 Å². The molecule has 4 aromatic rings. The van der Waals surface area contributed by atoms with E-state index >= 15 is 0 Å². The van der Waals surface area contributed by atoms with E-state index in [4.69, 9.17) is 16.6 Å². The van der Waals surface area contributed by atoms with E-state index in [0.717, 1.165) is 24.0 Å². The summed E-state index contributed by atoms with van der Waals surface area (Å²) in [4.78, 5) is 23.0. The molecule has 3 heterocycles. The average Bonchev–Trinajstić information content (AvgIpc) is 3.21. The number of aromatic nitrogens is 5. The predicted molar refractivity (Wildman–Crippen MR) is 120 cm³/mol. The van der Waals surface area contributed by atoms with Crippen molar-refractivity contribution in [2.24, 2.45) is 7.05 Å². The molecule has 31 heavy (non-hydrogen) atoms. The monoisotopic (exact) mass is 435 g/mol. The van der Waals surface area contributed by atoms with Crippen LogP contribution in [0.2, 0.25) is 5.02 Å². The molecule has 7 nitrogen and oxygen atoms in total. The predicted octanol–water partition coefficient (Wildman–Crippen LogP) is 3.99. The van der Waals surface area contributed by atoms with Gasteiger partial charge in [-0.1, -0.05) is 23.7 Å². The van der Waals surface area contributed by atoms with Crippen LogP contribution in [-0.4, -0.2) is 35.5 Å². The maximum Gasteiger partial charge on any atom is 0.261 e. The molecule has 0 saturated heterocycles. The van der Waals surface area contributed by atoms with Crippen LogP contribution in [0.1, 0.15) is 31.7 Å². The largest absolute Gasteiger partial charge is 0.393 e. The van der Waals surface area contributed by atoms with Crippen molar-refractivity contribution in [2.75, 3.05) is 0 Å². The fourth-order valence-electron chi connectivity index (χ4n) is 4.25. The lowest BCUT2D eigenvalue weighted by atomic mass is 9.93. The first-order valence-electron chi connectivity index (χ1n) is 10.3. The van der Waals surface area contributed by atoms with Crippen LogP contribution in [0.5, 0.6) is 0 Å². The Labute approximate surface area is 184 Å². The molecule has 0 radical (unpaired) electrons. The van der Waals surface area contributed by atoms with Crippen LogP contribution in [0.15, 0.2) is 53.8 Å². The number of nitrogens with zero attached hydrogens (tertiary/aromatic N) is 5. The van der Waals surface area contributed by atoms with Gasteiger partial charge in [0.05, 0.1) is 29.7 Å². The molecular weight excluding hydrogens is 414 g/mol. The Morgan fingerprint density at radius 1 is 1.10 bits per heavy atom. The van der Waals surface area contributed by atoms with Crippen LogP contribution >= 0.6 is 11.6 Å². The van der Waals surface area contributed by atoms with Crippen LogP contribution in [0.4, 0.5) is 0 Å². The first-order chi connectivity index (χ1) is 15.0. The summed E-state index contributed by atoms with van der Waals surface area (Å²) in [5.41, 5.74) is 3.44. The zero-order valence-electron chi connectivity index (χ0n) is 17.1. The summed E-state index contributed by atoms with van der Waals surface area (Å²) in [6.07, 6.45) is 7.85. The minimum Gasteiger partial charge on any atom is -0.393 e. The molecular formula is C23H22ClN5O2. The molecule has 1 aromatic carbocycles. The minimum absolute atomic E-state index is 0.0433. The lowest BCUT2D eigenvalue weighted by molar-refractivity contribution is 0.110. The Bertz CT molecular complexity index is 1300. The van der Waals surface area contributed by atoms with Crippen LogP contribution in [0.25, 0.3) is 33.4 Å². The highest BCUT2D eigenvalue weighted by Crippen LogP contribution is 2.31. The molecule has 0 aliphatic heterocycles. The third kappa shape index (κ3) is 3.75. The minimum atomic E-state index is -0.279. The summed E-state index contributed by atoms with van der Waals surface area (Å²) >= 11 is 6.05. The van der Waals surface area contributed by atoms with Gasteiger partial charge in [0.15, 0.2) is 0 Å². The molecule has 3 aromatic heterocycles. The van der Waals surface area contributed by atoms with Gasteiger partial charge in [-0.05, 0) is 43.9 Å². The Morgan fingerprint density at radius 3 is 2.52 bits per heavy atom. The first-order valence-corrected chi connectivity index (χ1v) is 10.7. The summed E-state index contributed by atoms with van der Waals surface area (Å²) in [5.74, 6) is 0. The van der Waals surface area contributed by atoms with Gasteiger partial charge in [-0.15, -0.1) is 0 Å². The van der Waals surface area contributed by atoms with E-state index in [1.54, 1.807) is 33.9 Å². The van der Waals surface area contributed by atoms with Gasteiger partial charge in [0.1, 0.15) is 11.2 Å². The van der Waals surface area contributed by atoms with Gasteiger partial charge in [0.2, 0.25) is 0 Å². The smallest absolute Gasteiger partial charge is 0.261 e. The van der Waals surface area contributed by atoms with Gasteiger partial charge in [-0.25, -0.2) is 9.97 Å². The molecule has 8 heteroatoms. The number of aliphatic hydroxyl groups is 1. The third-order valence-corrected chi connectivity index (χ3v) is 6.20. The fourth-order valence-corrected chi connectivity index (χ4v) is 4.38. The Hall–Kier alpha value is -3.03. The molecule has 0 bridgehead atoms. The summed E-state index contributed by atoms with van der Waals surface area (Å²) in [7, 11) is 1.84. The topological polar surface area (TPSA) is 85.8 Å². The molecule has 0 spiro atoms. The zero-order valence-corrected chi connectivity index (χ0v) is 17.8. The molecule has 1 N–H and O–H groups in total. The molecule has 0 amide bonds. The third-order valence-electron chi connectivity index (χ3n) is 5.95. The number of aliphatic hydroxyl groups excluding tert-OH is 1. The number of benzene rings is 1. The quantitative estimate of drug-likeness (QED) is 0.526. The Balaban J connectivity index is 1.72. The van der Waals surface area contributed by atoms with Gasteiger partial charge in [0.25, 0.3) is 5.56 Å². The van der Waals surface area contributed by atoms with E-state index < -0.39 is 0 Å². The highest BCUT2D eigenvalue weighted by atomic mass is 35.5. The van der Waals surface area contributed by atoms with Crippen molar-refractivity contribution >= 4 is 22.5 Å². The number of hydrogen-bond acceptors (Lipinski definition) is 5. The molecule has 1 aliphatic carbocycles. The van der Waals surface area contributed by atoms with Crippen molar-refractivity contribution in [3.63, 3.8) is 0 Å². The van der Waals surface area contributed by atoms with E-state index in [1.807, 2.05) is 31.4 Å². The number of rotatable bonds is 3. The van der Waals surface area contributed by atoms with Crippen molar-refractivity contribution in [1.29, 1.82) is 0 Å². The van der Waals surface area contributed by atoms with Crippen molar-refractivity contribution < 1.29 is 5.11 Å². The highest BCUT2D eigenvalue weighted by molar-refractivity contribution is 6.30. The maximum atomic E-state index is 13.5. The second-order valence-electron chi connectivity index (χ2n) is 8.08. The molecule has 1 saturated carbocycles. The molecule has 0 unspecified atom stereocenters. The lowest BCUT2D eigenvalue weighted by Gasteiger charge is -2.27. The fraction of sp³-hybridized carbons (Fsp3) is 0.304. The van der Waals surface area contributed by atoms with Gasteiger partial charge < -0.3 is 5.11 Å². The van der Waals surface area contributed by atoms with Crippen molar-refractivity contribution in [3.8, 4) is 22.5 Å². The SMILES string of the molecule is Cn1cc(-c2nc(-c3ccc(Cl)cc3)cc3c(=O)n(C4CCC(O)CC4)cnc23)cn1. The van der Waals surface area contributed by atoms with Gasteiger partial charge in [0, 0.05) is 35.4 Å². The van der Waals surface area contributed by atoms with Crippen molar-refractivity contribution in [3.05, 3.63) is 64.4 Å². The lowest BCUT2D eigenvalue weighted by Crippen LogP contribution is -2.29. The van der Waals surface area contributed by atoms with E-state index in [1.165, 1.54) is 0 Å². The standard InChI is InChI=1S/C23H22ClN5O2/c1-28-12-15(11-26-28)21-22-19(10-20(27-21)14-2-4-16(24)5-3-14)23(31)29(13-25-22)17-6-8-18(30)9-7-17/h2-5,10-13,17-18,30H,6-9H2,1H3. The summed E-state index contributed by atoms with van der Waals surface area (Å²) in [6, 6.07) is 9.24. The van der Waals surface area contributed by atoms with Gasteiger partial charge >= 0.3 is 0 Å². The van der Waals surface area contributed by atoms with Crippen LogP contribution in [0.3, 0.4) is 0 Å². The number of fused-ring (bicyclic) bond motifs is 1. The number of pyridine rings is 1. The molecule has 1 aliphatic rings. The summed E-state index contributed by atoms with van der Waals surface area (Å²) in [6.45, 7) is 0. The van der Waals surface area contributed by atoms with Gasteiger partial charge in [-0.2, -0.15) is 5.10 Å². The van der Waals surface area contributed by atoms with Crippen molar-refractivity contribution in [2.45, 2.75) is 37.8 Å². The Morgan fingerprint density at radius 2 is 1.84 bits per heavy atom. The maximum absolute atomic E-state index is 13.5. The number of hydrogen-bond donors (Lipinski definition) is 1. The number of halogens is 1. The highest BCUT2D eigenvalue weighted by Gasteiger charge is 2.23. The Kier molecular flexibility index (Phi) is 5.08. The second kappa shape index (κ2) is 7.90. The average molecular weight is 436 g/mol. The van der Waals surface area contributed by atoms with Crippen LogP contribution in [0, 0.1) is 0 Å². The first kappa shape index (κ1) is 19.9. The van der Waals surface area contributed by atoms with Crippen LogP contribution < -0.4 is 5.56 Å². The molecule has 5 rings (SSSR count). The van der Waals surface area contributed by atoms with Crippen LogP contribution in [-0.2, 0) is 7.05 Å². The molecule has 1 fully saturated rings. The van der Waals surface area contributed by atoms with Crippen molar-refractivity contribution in [1.82, 2.24) is 24.3 Å². The summed E-state index contributed by atoms with van der Waals surface area (Å²) < 4.78 is 3.42. The molecule has 158 valence electrons. The summed E-state index contributed by atoms with van der Waals surface area (Å²) in [5, 5.41) is 15.3. The van der Waals surface area contributed by atoms with Gasteiger partial charge in [-0.3, -0.25) is 14.0 Å².